The molecule has 0 spiro atoms. The normalized spacial score (nSPS) is 10.8. The first-order valence-corrected chi connectivity index (χ1v) is 7.20. The Bertz CT molecular complexity index is 819. The lowest BCUT2D eigenvalue weighted by Gasteiger charge is -2.06. The number of halogens is 3. The number of nitrogens with two attached hydrogens (primary N) is 1. The van der Waals surface area contributed by atoms with Crippen molar-refractivity contribution in [3.8, 4) is 22.5 Å². The molecule has 0 aliphatic rings. The Morgan fingerprint density at radius 2 is 1.90 bits per heavy atom. The second-order valence-corrected chi connectivity index (χ2v) is 5.64. The molecule has 3 rings (SSSR count). The number of benzene rings is 2. The quantitative estimate of drug-likeness (QED) is 0.682. The van der Waals surface area contributed by atoms with Gasteiger partial charge >= 0.3 is 0 Å². The Morgan fingerprint density at radius 3 is 2.67 bits per heavy atom. The lowest BCUT2D eigenvalue weighted by atomic mass is 10.0. The maximum atomic E-state index is 13.5. The van der Waals surface area contributed by atoms with Crippen LogP contribution >= 0.6 is 27.5 Å². The van der Waals surface area contributed by atoms with Crippen LogP contribution in [0.2, 0.25) is 5.02 Å². The number of hydrogen-bond donors (Lipinski definition) is 1. The number of nitrogens with zero attached hydrogens (tertiary/aromatic N) is 1. The topological polar surface area (TPSA) is 52.0 Å². The highest BCUT2D eigenvalue weighted by Gasteiger charge is 2.21. The van der Waals surface area contributed by atoms with Gasteiger partial charge in [0.1, 0.15) is 5.82 Å². The van der Waals surface area contributed by atoms with Crippen molar-refractivity contribution in [3.05, 3.63) is 57.8 Å². The van der Waals surface area contributed by atoms with Gasteiger partial charge in [0.05, 0.1) is 5.56 Å². The van der Waals surface area contributed by atoms with Crippen LogP contribution in [0, 0.1) is 5.82 Å². The van der Waals surface area contributed by atoms with E-state index >= 15 is 0 Å². The highest BCUT2D eigenvalue weighted by atomic mass is 79.9. The van der Waals surface area contributed by atoms with Gasteiger partial charge in [-0.1, -0.05) is 50.9 Å². The summed E-state index contributed by atoms with van der Waals surface area (Å²) in [4.78, 5) is 0. The first-order chi connectivity index (χ1) is 10.1. The summed E-state index contributed by atoms with van der Waals surface area (Å²) in [7, 11) is 0. The van der Waals surface area contributed by atoms with E-state index < -0.39 is 0 Å². The summed E-state index contributed by atoms with van der Waals surface area (Å²) < 4.78 is 19.5. The van der Waals surface area contributed by atoms with Gasteiger partial charge in [0.15, 0.2) is 11.6 Å². The van der Waals surface area contributed by atoms with E-state index in [1.165, 1.54) is 12.1 Å². The third-order valence-electron chi connectivity index (χ3n) is 3.03. The van der Waals surface area contributed by atoms with Crippen LogP contribution in [0.3, 0.4) is 0 Å². The molecule has 6 heteroatoms. The smallest absolute Gasteiger partial charge is 0.178 e. The van der Waals surface area contributed by atoms with E-state index in [-0.39, 0.29) is 11.6 Å². The van der Waals surface area contributed by atoms with Crippen molar-refractivity contribution in [2.45, 2.75) is 0 Å². The van der Waals surface area contributed by atoms with Crippen LogP contribution in [0.5, 0.6) is 0 Å². The molecule has 0 amide bonds. The van der Waals surface area contributed by atoms with E-state index in [9.17, 15) is 4.39 Å². The van der Waals surface area contributed by atoms with E-state index in [2.05, 4.69) is 21.1 Å². The molecule has 0 radical (unpaired) electrons. The Kier molecular flexibility index (Phi) is 3.69. The molecule has 0 atom stereocenters. The number of hydrogen-bond acceptors (Lipinski definition) is 3. The molecule has 0 aliphatic heterocycles. The van der Waals surface area contributed by atoms with Crippen LogP contribution in [-0.2, 0) is 0 Å². The molecule has 21 heavy (non-hydrogen) atoms. The van der Waals surface area contributed by atoms with E-state index in [0.717, 1.165) is 0 Å². The van der Waals surface area contributed by atoms with Crippen molar-refractivity contribution in [2.24, 2.45) is 0 Å². The average molecular weight is 368 g/mol. The fraction of sp³-hybridized carbons (Fsp3) is 0. The number of anilines is 1. The summed E-state index contributed by atoms with van der Waals surface area (Å²) in [6.07, 6.45) is 0. The molecule has 0 saturated carbocycles. The minimum absolute atomic E-state index is 0.203. The van der Waals surface area contributed by atoms with E-state index in [4.69, 9.17) is 21.9 Å². The molecular weight excluding hydrogens is 359 g/mol. The van der Waals surface area contributed by atoms with Gasteiger partial charge in [-0.05, 0) is 24.3 Å². The zero-order chi connectivity index (χ0) is 15.0. The Labute approximate surface area is 133 Å². The number of nitrogen functional groups attached to an aromatic ring is 1. The molecule has 3 aromatic rings. The van der Waals surface area contributed by atoms with Gasteiger partial charge in [-0.15, -0.1) is 0 Å². The standard InChI is InChI=1S/C15H9BrClFN2O/c16-11-6-5-8(18)7-10(11)14-13(15(19)20-21-14)9-3-1-2-4-12(9)17/h1-7H,(H2,19,20). The molecule has 0 saturated heterocycles. The van der Waals surface area contributed by atoms with E-state index in [1.54, 1.807) is 12.1 Å². The molecule has 3 nitrogen and oxygen atoms in total. The fourth-order valence-electron chi connectivity index (χ4n) is 2.08. The van der Waals surface area contributed by atoms with Crippen LogP contribution in [0.15, 0.2) is 51.5 Å². The van der Waals surface area contributed by atoms with Gasteiger partial charge < -0.3 is 10.3 Å². The molecule has 2 aromatic carbocycles. The second kappa shape index (κ2) is 5.50. The van der Waals surface area contributed by atoms with Crippen LogP contribution in [0.4, 0.5) is 10.2 Å². The van der Waals surface area contributed by atoms with Crippen LogP contribution in [-0.4, -0.2) is 5.16 Å². The van der Waals surface area contributed by atoms with Crippen molar-refractivity contribution in [1.82, 2.24) is 5.16 Å². The van der Waals surface area contributed by atoms with Crippen LogP contribution < -0.4 is 5.73 Å². The summed E-state index contributed by atoms with van der Waals surface area (Å²) in [6.45, 7) is 0. The van der Waals surface area contributed by atoms with Gasteiger partial charge in [-0.3, -0.25) is 0 Å². The van der Waals surface area contributed by atoms with Crippen LogP contribution in [0.25, 0.3) is 22.5 Å². The van der Waals surface area contributed by atoms with Crippen molar-refractivity contribution < 1.29 is 8.91 Å². The molecule has 1 heterocycles. The van der Waals surface area contributed by atoms with Gasteiger partial charge in [0.2, 0.25) is 0 Å². The third kappa shape index (κ3) is 2.54. The number of rotatable bonds is 2. The predicted molar refractivity (Wildman–Crippen MR) is 84.5 cm³/mol. The Balaban J connectivity index is 2.27. The molecule has 0 unspecified atom stereocenters. The summed E-state index contributed by atoms with van der Waals surface area (Å²) in [5, 5.41) is 4.30. The van der Waals surface area contributed by atoms with Gasteiger partial charge in [0, 0.05) is 20.6 Å². The highest BCUT2D eigenvalue weighted by molar-refractivity contribution is 9.10. The van der Waals surface area contributed by atoms with Gasteiger partial charge in [0.25, 0.3) is 0 Å². The second-order valence-electron chi connectivity index (χ2n) is 4.38. The van der Waals surface area contributed by atoms with Crippen molar-refractivity contribution in [3.63, 3.8) is 0 Å². The summed E-state index contributed by atoms with van der Waals surface area (Å²) in [6, 6.07) is 11.5. The average Bonchev–Trinajstić information content (AvgIpc) is 2.84. The zero-order valence-electron chi connectivity index (χ0n) is 10.6. The van der Waals surface area contributed by atoms with Gasteiger partial charge in [-0.25, -0.2) is 4.39 Å². The Hall–Kier alpha value is -1.85. The molecule has 0 fully saturated rings. The maximum Gasteiger partial charge on any atom is 0.178 e. The van der Waals surface area contributed by atoms with Gasteiger partial charge in [-0.2, -0.15) is 0 Å². The maximum absolute atomic E-state index is 13.5. The SMILES string of the molecule is Nc1noc(-c2cc(F)ccc2Br)c1-c1ccccc1Cl. The minimum Gasteiger partial charge on any atom is -0.380 e. The molecule has 0 aliphatic carbocycles. The van der Waals surface area contributed by atoms with E-state index in [0.29, 0.717) is 31.9 Å². The first-order valence-electron chi connectivity index (χ1n) is 6.03. The van der Waals surface area contributed by atoms with Crippen molar-refractivity contribution in [2.75, 3.05) is 5.73 Å². The largest absolute Gasteiger partial charge is 0.380 e. The first kappa shape index (κ1) is 14.1. The monoisotopic (exact) mass is 366 g/mol. The number of aromatic nitrogens is 1. The minimum atomic E-state index is -0.381. The third-order valence-corrected chi connectivity index (χ3v) is 4.06. The Morgan fingerprint density at radius 1 is 1.14 bits per heavy atom. The summed E-state index contributed by atoms with van der Waals surface area (Å²) in [5.41, 5.74) is 7.65. The summed E-state index contributed by atoms with van der Waals surface area (Å²) in [5.74, 6) is 0.189. The van der Waals surface area contributed by atoms with Crippen molar-refractivity contribution in [1.29, 1.82) is 0 Å². The lowest BCUT2D eigenvalue weighted by molar-refractivity contribution is 0.435. The molecular formula is C15H9BrClFN2O. The molecule has 0 bridgehead atoms. The predicted octanol–water partition coefficient (Wildman–Crippen LogP) is 5.15. The lowest BCUT2D eigenvalue weighted by Crippen LogP contribution is -1.90. The summed E-state index contributed by atoms with van der Waals surface area (Å²) >= 11 is 9.58. The highest BCUT2D eigenvalue weighted by Crippen LogP contribution is 2.42. The van der Waals surface area contributed by atoms with Crippen molar-refractivity contribution >= 4 is 33.3 Å². The molecule has 2 N–H and O–H groups in total. The fourth-order valence-corrected chi connectivity index (χ4v) is 2.74. The van der Waals surface area contributed by atoms with E-state index in [1.807, 2.05) is 18.2 Å². The van der Waals surface area contributed by atoms with Crippen LogP contribution in [0.1, 0.15) is 0 Å². The molecule has 106 valence electrons. The molecule has 1 aromatic heterocycles. The zero-order valence-corrected chi connectivity index (χ0v) is 13.0.